The van der Waals surface area contributed by atoms with Gasteiger partial charge in [0.05, 0.1) is 29.5 Å². The molecule has 1 saturated heterocycles. The molecule has 1 fully saturated rings. The van der Waals surface area contributed by atoms with Gasteiger partial charge in [-0.05, 0) is 18.4 Å². The van der Waals surface area contributed by atoms with Crippen molar-refractivity contribution in [2.45, 2.75) is 36.4 Å². The number of hydrogen-bond acceptors (Lipinski definition) is 5. The van der Waals surface area contributed by atoms with E-state index in [0.29, 0.717) is 11.3 Å². The average Bonchev–Trinajstić information content (AvgIpc) is 3.38. The predicted molar refractivity (Wildman–Crippen MR) is 109 cm³/mol. The zero-order valence-corrected chi connectivity index (χ0v) is 16.2. The van der Waals surface area contributed by atoms with Gasteiger partial charge in [0.2, 0.25) is 0 Å². The molecule has 6 nitrogen and oxygen atoms in total. The van der Waals surface area contributed by atoms with E-state index in [9.17, 15) is 10.1 Å². The Bertz CT molecular complexity index is 953. The van der Waals surface area contributed by atoms with E-state index in [1.807, 2.05) is 30.5 Å². The molecular weight excluding hydrogens is 374 g/mol. The molecule has 1 unspecified atom stereocenters. The van der Waals surface area contributed by atoms with Crippen molar-refractivity contribution in [3.63, 3.8) is 0 Å². The molecule has 1 aliphatic heterocycles. The molecule has 1 aromatic heterocycles. The molecule has 28 heavy (non-hydrogen) atoms. The van der Waals surface area contributed by atoms with Crippen LogP contribution in [0.5, 0.6) is 0 Å². The summed E-state index contributed by atoms with van der Waals surface area (Å²) in [7, 11) is 0. The number of ether oxygens (including phenoxy) is 1. The average molecular weight is 395 g/mol. The maximum atomic E-state index is 11.3. The molecule has 2 aromatic carbocycles. The molecule has 4 rings (SSSR count). The topological polar surface area (TPSA) is 70.2 Å². The number of hydrogen-bond donors (Lipinski definition) is 0. The highest BCUT2D eigenvalue weighted by Crippen LogP contribution is 2.31. The Kier molecular flexibility index (Phi) is 5.73. The van der Waals surface area contributed by atoms with Crippen LogP contribution >= 0.6 is 11.8 Å². The van der Waals surface area contributed by atoms with Crippen LogP contribution < -0.4 is 0 Å². The lowest BCUT2D eigenvalue weighted by Gasteiger charge is -2.16. The molecule has 0 spiro atoms. The monoisotopic (exact) mass is 395 g/mol. The van der Waals surface area contributed by atoms with Gasteiger partial charge in [-0.25, -0.2) is 4.98 Å². The third kappa shape index (κ3) is 4.10. The third-order valence-corrected chi connectivity index (χ3v) is 5.88. The summed E-state index contributed by atoms with van der Waals surface area (Å²) in [5.41, 5.74) is 2.99. The largest absolute Gasteiger partial charge is 0.376 e. The number of nitrogens with zero attached hydrogens (tertiary/aromatic N) is 3. The minimum absolute atomic E-state index is 0.149. The maximum absolute atomic E-state index is 11.3. The highest BCUT2D eigenvalue weighted by molar-refractivity contribution is 7.98. The van der Waals surface area contributed by atoms with Crippen LogP contribution in [0.1, 0.15) is 18.4 Å². The molecule has 2 heterocycles. The molecule has 0 radical (unpaired) electrons. The van der Waals surface area contributed by atoms with Crippen LogP contribution in [0, 0.1) is 10.1 Å². The summed E-state index contributed by atoms with van der Waals surface area (Å²) in [5.74, 6) is 0.494. The Morgan fingerprint density at radius 3 is 2.71 bits per heavy atom. The SMILES string of the molecule is O=[N+]([O-])c1ccccc1CSc1ncc(-c2ccccc2)n1CC1CCCO1. The molecule has 7 heteroatoms. The number of imidazole rings is 1. The van der Waals surface area contributed by atoms with Gasteiger partial charge in [0.25, 0.3) is 5.69 Å². The van der Waals surface area contributed by atoms with Gasteiger partial charge < -0.3 is 9.30 Å². The number of thioether (sulfide) groups is 1. The van der Waals surface area contributed by atoms with E-state index in [-0.39, 0.29) is 16.7 Å². The number of para-hydroxylation sites is 1. The van der Waals surface area contributed by atoms with Crippen molar-refractivity contribution in [1.82, 2.24) is 9.55 Å². The van der Waals surface area contributed by atoms with Crippen LogP contribution in [0.25, 0.3) is 11.3 Å². The second-order valence-electron chi connectivity index (χ2n) is 6.71. The van der Waals surface area contributed by atoms with Crippen molar-refractivity contribution in [1.29, 1.82) is 0 Å². The molecule has 0 saturated carbocycles. The zero-order valence-electron chi connectivity index (χ0n) is 15.4. The minimum Gasteiger partial charge on any atom is -0.376 e. The van der Waals surface area contributed by atoms with E-state index in [4.69, 9.17) is 4.74 Å². The van der Waals surface area contributed by atoms with E-state index in [2.05, 4.69) is 21.7 Å². The summed E-state index contributed by atoms with van der Waals surface area (Å²) in [6.07, 6.45) is 4.19. The predicted octanol–water partition coefficient (Wildman–Crippen LogP) is 4.93. The summed E-state index contributed by atoms with van der Waals surface area (Å²) < 4.78 is 8.02. The summed E-state index contributed by atoms with van der Waals surface area (Å²) in [4.78, 5) is 15.6. The van der Waals surface area contributed by atoms with Gasteiger partial charge in [0.1, 0.15) is 0 Å². The summed E-state index contributed by atoms with van der Waals surface area (Å²) in [6.45, 7) is 1.54. The van der Waals surface area contributed by atoms with Gasteiger partial charge in [-0.15, -0.1) is 0 Å². The van der Waals surface area contributed by atoms with Crippen molar-refractivity contribution >= 4 is 17.4 Å². The Morgan fingerprint density at radius 1 is 1.18 bits per heavy atom. The van der Waals surface area contributed by atoms with Crippen molar-refractivity contribution < 1.29 is 9.66 Å². The lowest BCUT2D eigenvalue weighted by Crippen LogP contribution is -2.16. The Balaban J connectivity index is 1.61. The van der Waals surface area contributed by atoms with Crippen molar-refractivity contribution in [2.24, 2.45) is 0 Å². The van der Waals surface area contributed by atoms with Crippen LogP contribution in [0.15, 0.2) is 66.0 Å². The van der Waals surface area contributed by atoms with Gasteiger partial charge >= 0.3 is 0 Å². The first-order valence-corrected chi connectivity index (χ1v) is 10.3. The normalized spacial score (nSPS) is 16.4. The minimum atomic E-state index is -0.329. The first kappa shape index (κ1) is 18.7. The standard InChI is InChI=1S/C21H21N3O3S/c25-24(26)19-11-5-4-9-17(19)15-28-21-22-13-20(16-7-2-1-3-8-16)23(21)14-18-10-6-12-27-18/h1-5,7-9,11,13,18H,6,10,12,14-15H2. The summed E-state index contributed by atoms with van der Waals surface area (Å²) in [5, 5.41) is 12.1. The van der Waals surface area contributed by atoms with E-state index in [1.165, 1.54) is 11.8 Å². The summed E-state index contributed by atoms with van der Waals surface area (Å²) >= 11 is 1.52. The van der Waals surface area contributed by atoms with Crippen LogP contribution in [-0.2, 0) is 17.0 Å². The van der Waals surface area contributed by atoms with Crippen LogP contribution in [0.4, 0.5) is 5.69 Å². The second kappa shape index (κ2) is 8.58. The highest BCUT2D eigenvalue weighted by Gasteiger charge is 2.21. The Morgan fingerprint density at radius 2 is 1.96 bits per heavy atom. The Labute approximate surface area is 167 Å². The highest BCUT2D eigenvalue weighted by atomic mass is 32.2. The number of nitro benzene ring substituents is 1. The molecule has 0 amide bonds. The fourth-order valence-corrected chi connectivity index (χ4v) is 4.42. The third-order valence-electron chi connectivity index (χ3n) is 4.84. The fraction of sp³-hybridized carbons (Fsp3) is 0.286. The molecule has 0 bridgehead atoms. The van der Waals surface area contributed by atoms with Crippen LogP contribution in [0.3, 0.4) is 0 Å². The Hall–Kier alpha value is -2.64. The van der Waals surface area contributed by atoms with Crippen LogP contribution in [-0.4, -0.2) is 27.2 Å². The van der Waals surface area contributed by atoms with Crippen molar-refractivity contribution in [2.75, 3.05) is 6.61 Å². The molecule has 1 aliphatic rings. The smallest absolute Gasteiger partial charge is 0.273 e. The molecule has 3 aromatic rings. The van der Waals surface area contributed by atoms with Gasteiger partial charge in [-0.2, -0.15) is 0 Å². The van der Waals surface area contributed by atoms with Gasteiger partial charge in [-0.3, -0.25) is 10.1 Å². The van der Waals surface area contributed by atoms with E-state index < -0.39 is 0 Å². The van der Waals surface area contributed by atoms with E-state index in [1.54, 1.807) is 18.2 Å². The molecule has 0 aliphatic carbocycles. The number of aromatic nitrogens is 2. The molecule has 0 N–H and O–H groups in total. The number of nitro groups is 1. The maximum Gasteiger partial charge on any atom is 0.273 e. The zero-order chi connectivity index (χ0) is 19.3. The molecule has 144 valence electrons. The summed E-state index contributed by atoms with van der Waals surface area (Å²) in [6, 6.07) is 17.0. The van der Waals surface area contributed by atoms with Crippen molar-refractivity contribution in [3.05, 3.63) is 76.5 Å². The van der Waals surface area contributed by atoms with E-state index in [0.717, 1.165) is 42.4 Å². The quantitative estimate of drug-likeness (QED) is 0.322. The lowest BCUT2D eigenvalue weighted by atomic mass is 10.1. The molecular formula is C21H21N3O3S. The second-order valence-corrected chi connectivity index (χ2v) is 7.65. The van der Waals surface area contributed by atoms with Gasteiger partial charge in [-0.1, -0.05) is 60.3 Å². The van der Waals surface area contributed by atoms with Gasteiger partial charge in [0, 0.05) is 24.0 Å². The molecule has 1 atom stereocenters. The first-order chi connectivity index (χ1) is 13.7. The lowest BCUT2D eigenvalue weighted by molar-refractivity contribution is -0.385. The van der Waals surface area contributed by atoms with Crippen LogP contribution in [0.2, 0.25) is 0 Å². The van der Waals surface area contributed by atoms with Gasteiger partial charge in [0.15, 0.2) is 5.16 Å². The number of rotatable bonds is 7. The van der Waals surface area contributed by atoms with E-state index >= 15 is 0 Å². The fourth-order valence-electron chi connectivity index (χ4n) is 3.43. The number of benzene rings is 2. The first-order valence-electron chi connectivity index (χ1n) is 9.30. The van der Waals surface area contributed by atoms with Crippen molar-refractivity contribution in [3.8, 4) is 11.3 Å².